The molecule has 1 aromatic carbocycles. The van der Waals surface area contributed by atoms with Crippen LogP contribution in [0.4, 0.5) is 0 Å². The quantitative estimate of drug-likeness (QED) is 0.419. The van der Waals surface area contributed by atoms with Crippen molar-refractivity contribution in [3.05, 3.63) is 68.8 Å². The summed E-state index contributed by atoms with van der Waals surface area (Å²) in [5.74, 6) is 0. The minimum absolute atomic E-state index is 0.435. The number of hydrogen-bond acceptors (Lipinski definition) is 3. The smallest absolute Gasteiger partial charge is 0.141 e. The van der Waals surface area contributed by atoms with Gasteiger partial charge in [0, 0.05) is 33.3 Å². The molecule has 0 aliphatic rings. The average molecular weight is 445 g/mol. The van der Waals surface area contributed by atoms with Crippen LogP contribution in [0, 0.1) is 14.9 Å². The molecule has 0 saturated carbocycles. The molecule has 0 unspecified atom stereocenters. The molecule has 0 spiro atoms. The van der Waals surface area contributed by atoms with Crippen LogP contribution in [0.5, 0.6) is 0 Å². The Hall–Kier alpha value is -2.17. The Labute approximate surface area is 156 Å². The van der Waals surface area contributed by atoms with Gasteiger partial charge in [-0.2, -0.15) is 5.26 Å². The fourth-order valence-electron chi connectivity index (χ4n) is 2.79. The van der Waals surface area contributed by atoms with Gasteiger partial charge >= 0.3 is 0 Å². The number of nitrogens with zero attached hydrogens (tertiary/aromatic N) is 4. The van der Waals surface area contributed by atoms with E-state index in [4.69, 9.17) is 16.9 Å². The maximum Gasteiger partial charge on any atom is 0.141 e. The molecule has 0 N–H and O–H groups in total. The van der Waals surface area contributed by atoms with Crippen molar-refractivity contribution in [2.75, 3.05) is 0 Å². The van der Waals surface area contributed by atoms with Crippen molar-refractivity contribution < 1.29 is 0 Å². The summed E-state index contributed by atoms with van der Waals surface area (Å²) in [4.78, 5) is 8.51. The van der Waals surface area contributed by atoms with E-state index in [2.05, 4.69) is 61.5 Å². The summed E-state index contributed by atoms with van der Waals surface area (Å²) in [7, 11) is 0. The Balaban J connectivity index is 1.78. The van der Waals surface area contributed by atoms with Gasteiger partial charge in [-0.1, -0.05) is 17.7 Å². The first kappa shape index (κ1) is 15.4. The number of hydrogen-bond donors (Lipinski definition) is 0. The molecular weight excluding hydrogens is 435 g/mol. The zero-order valence-corrected chi connectivity index (χ0v) is 15.3. The van der Waals surface area contributed by atoms with Gasteiger partial charge in [0.25, 0.3) is 0 Å². The van der Waals surface area contributed by atoms with Crippen molar-refractivity contribution in [2.45, 2.75) is 6.54 Å². The molecule has 0 fully saturated rings. The summed E-state index contributed by atoms with van der Waals surface area (Å²) in [6.07, 6.45) is 5.49. The molecule has 3 aromatic heterocycles. The number of nitriles is 1. The minimum atomic E-state index is 0.435. The van der Waals surface area contributed by atoms with Crippen molar-refractivity contribution in [1.29, 1.82) is 5.26 Å². The van der Waals surface area contributed by atoms with Gasteiger partial charge in [0.2, 0.25) is 0 Å². The van der Waals surface area contributed by atoms with Gasteiger partial charge in [0.05, 0.1) is 22.3 Å². The Kier molecular flexibility index (Phi) is 3.87. The first-order chi connectivity index (χ1) is 11.6. The molecule has 0 saturated heterocycles. The largest absolute Gasteiger partial charge is 0.341 e. The van der Waals surface area contributed by atoms with E-state index in [1.807, 2.05) is 18.2 Å². The summed E-state index contributed by atoms with van der Waals surface area (Å²) in [5.41, 5.74) is 3.53. The van der Waals surface area contributed by atoms with Gasteiger partial charge in [-0.05, 0) is 52.4 Å². The fraction of sp³-hybridized carbons (Fsp3) is 0.0556. The average Bonchev–Trinajstić information content (AvgIpc) is 2.90. The van der Waals surface area contributed by atoms with Crippen molar-refractivity contribution in [2.24, 2.45) is 0 Å². The minimum Gasteiger partial charge on any atom is -0.341 e. The third-order valence-electron chi connectivity index (χ3n) is 3.90. The monoisotopic (exact) mass is 444 g/mol. The first-order valence-corrected chi connectivity index (χ1v) is 8.68. The van der Waals surface area contributed by atoms with Gasteiger partial charge in [0.15, 0.2) is 0 Å². The summed E-state index contributed by atoms with van der Waals surface area (Å²) < 4.78 is 3.25. The number of rotatable bonds is 2. The molecule has 0 radical (unpaired) electrons. The second-order valence-corrected chi connectivity index (χ2v) is 7.08. The van der Waals surface area contributed by atoms with Crippen LogP contribution in [0.2, 0.25) is 5.02 Å². The molecule has 4 aromatic rings. The molecular formula is C18H10ClIN4. The maximum atomic E-state index is 9.01. The van der Waals surface area contributed by atoms with E-state index in [-0.39, 0.29) is 0 Å². The number of pyridine rings is 2. The second-order valence-electron chi connectivity index (χ2n) is 5.48. The fourth-order valence-corrected chi connectivity index (χ4v) is 3.72. The summed E-state index contributed by atoms with van der Waals surface area (Å²) in [6, 6.07) is 12.0. The van der Waals surface area contributed by atoms with E-state index >= 15 is 0 Å². The third-order valence-corrected chi connectivity index (χ3v) is 4.96. The van der Waals surface area contributed by atoms with Crippen LogP contribution < -0.4 is 0 Å². The zero-order valence-electron chi connectivity index (χ0n) is 12.4. The Morgan fingerprint density at radius 1 is 1.17 bits per heavy atom. The molecule has 0 amide bonds. The van der Waals surface area contributed by atoms with E-state index in [0.29, 0.717) is 10.7 Å². The van der Waals surface area contributed by atoms with E-state index in [1.165, 1.54) is 0 Å². The molecule has 6 heteroatoms. The summed E-state index contributed by atoms with van der Waals surface area (Å²) >= 11 is 8.33. The molecule has 0 atom stereocenters. The lowest BCUT2D eigenvalue weighted by atomic mass is 10.1. The van der Waals surface area contributed by atoms with Crippen LogP contribution in [0.15, 0.2) is 48.9 Å². The molecule has 0 bridgehead atoms. The second kappa shape index (κ2) is 6.04. The van der Waals surface area contributed by atoms with Crippen LogP contribution in [0.25, 0.3) is 21.8 Å². The molecule has 24 heavy (non-hydrogen) atoms. The Bertz CT molecular complexity index is 1130. The van der Waals surface area contributed by atoms with Crippen molar-refractivity contribution >= 4 is 56.0 Å². The van der Waals surface area contributed by atoms with Gasteiger partial charge in [-0.3, -0.25) is 4.98 Å². The SMILES string of the molecule is N#Cc1cc2c(I)cn(Cc3ccc4ncc(Cl)cc4c3)c2cn1. The van der Waals surface area contributed by atoms with E-state index in [0.717, 1.165) is 37.5 Å². The highest BCUT2D eigenvalue weighted by molar-refractivity contribution is 14.1. The van der Waals surface area contributed by atoms with Crippen LogP contribution >= 0.6 is 34.2 Å². The third kappa shape index (κ3) is 2.72. The topological polar surface area (TPSA) is 54.5 Å². The van der Waals surface area contributed by atoms with E-state index in [1.54, 1.807) is 12.4 Å². The summed E-state index contributed by atoms with van der Waals surface area (Å²) in [5, 5.41) is 11.7. The molecule has 3 heterocycles. The first-order valence-electron chi connectivity index (χ1n) is 7.23. The van der Waals surface area contributed by atoms with Crippen LogP contribution in [0.1, 0.15) is 11.3 Å². The summed E-state index contributed by atoms with van der Waals surface area (Å²) in [6.45, 7) is 0.718. The van der Waals surface area contributed by atoms with Gasteiger partial charge < -0.3 is 4.57 Å². The molecule has 4 nitrogen and oxygen atoms in total. The Morgan fingerprint density at radius 3 is 2.88 bits per heavy atom. The molecule has 0 aliphatic carbocycles. The van der Waals surface area contributed by atoms with Crippen molar-refractivity contribution in [3.63, 3.8) is 0 Å². The zero-order chi connectivity index (χ0) is 16.7. The predicted molar refractivity (Wildman–Crippen MR) is 103 cm³/mol. The van der Waals surface area contributed by atoms with Crippen LogP contribution in [-0.2, 0) is 6.54 Å². The normalized spacial score (nSPS) is 11.0. The van der Waals surface area contributed by atoms with E-state index in [9.17, 15) is 0 Å². The highest BCUT2D eigenvalue weighted by Crippen LogP contribution is 2.25. The molecule has 4 rings (SSSR count). The van der Waals surface area contributed by atoms with Gasteiger partial charge in [-0.25, -0.2) is 4.98 Å². The van der Waals surface area contributed by atoms with Gasteiger partial charge in [0.1, 0.15) is 11.8 Å². The predicted octanol–water partition coefficient (Wildman–Crippen LogP) is 4.76. The van der Waals surface area contributed by atoms with Gasteiger partial charge in [-0.15, -0.1) is 0 Å². The maximum absolute atomic E-state index is 9.01. The number of aromatic nitrogens is 3. The molecule has 116 valence electrons. The van der Waals surface area contributed by atoms with E-state index < -0.39 is 0 Å². The Morgan fingerprint density at radius 2 is 2.04 bits per heavy atom. The molecule has 0 aliphatic heterocycles. The number of benzene rings is 1. The highest BCUT2D eigenvalue weighted by atomic mass is 127. The van der Waals surface area contributed by atoms with Crippen molar-refractivity contribution in [3.8, 4) is 6.07 Å². The lowest BCUT2D eigenvalue weighted by Gasteiger charge is -2.07. The standard InChI is InChI=1S/C18H10ClIN4/c19-13-4-12-3-11(1-2-17(12)23-7-13)9-24-10-16(20)15-5-14(6-21)22-8-18(15)24/h1-5,7-8,10H,9H2. The highest BCUT2D eigenvalue weighted by Gasteiger charge is 2.09. The number of fused-ring (bicyclic) bond motifs is 2. The lowest BCUT2D eigenvalue weighted by molar-refractivity contribution is 0.834. The van der Waals surface area contributed by atoms with Crippen LogP contribution in [0.3, 0.4) is 0 Å². The van der Waals surface area contributed by atoms with Crippen molar-refractivity contribution in [1.82, 2.24) is 14.5 Å². The number of halogens is 2. The lowest BCUT2D eigenvalue weighted by Crippen LogP contribution is -1.98. The van der Waals surface area contributed by atoms with Crippen LogP contribution in [-0.4, -0.2) is 14.5 Å².